The Morgan fingerprint density at radius 1 is 1.14 bits per heavy atom. The first kappa shape index (κ1) is 23.4. The number of aryl methyl sites for hydroxylation is 1. The highest BCUT2D eigenvalue weighted by Gasteiger charge is 2.29. The topological polar surface area (TPSA) is 79.7 Å². The smallest absolute Gasteiger partial charge is 0.252 e. The highest BCUT2D eigenvalue weighted by atomic mass is 19.1. The minimum Gasteiger partial charge on any atom is -0.321 e. The van der Waals surface area contributed by atoms with Gasteiger partial charge in [0.2, 0.25) is 0 Å². The lowest BCUT2D eigenvalue weighted by Gasteiger charge is -2.31. The molecular formula is C27H31FN6O. The number of pyridine rings is 1. The number of fused-ring (bicyclic) bond motifs is 1. The molecule has 2 heterocycles. The molecule has 0 bridgehead atoms. The largest absolute Gasteiger partial charge is 0.321 e. The third-order valence-electron chi connectivity index (χ3n) is 7.15. The minimum atomic E-state index is -0.265. The molecule has 1 N–H and O–H groups in total. The molecule has 1 aliphatic carbocycles. The van der Waals surface area contributed by atoms with Gasteiger partial charge in [-0.25, -0.2) is 9.07 Å². The maximum absolute atomic E-state index is 13.6. The molecule has 182 valence electrons. The second kappa shape index (κ2) is 10.1. The first-order valence-electron chi connectivity index (χ1n) is 12.4. The highest BCUT2D eigenvalue weighted by molar-refractivity contribution is 5.81. The number of para-hydroxylation sites is 1. The molecule has 0 spiro atoms. The predicted molar refractivity (Wildman–Crippen MR) is 133 cm³/mol. The molecule has 0 amide bonds. The Morgan fingerprint density at radius 3 is 2.66 bits per heavy atom. The monoisotopic (exact) mass is 474 g/mol. The highest BCUT2D eigenvalue weighted by Crippen LogP contribution is 2.33. The number of halogens is 1. The summed E-state index contributed by atoms with van der Waals surface area (Å²) < 4.78 is 15.6. The SMILES string of the molecule is CCC(c1nnnn1C1CCCC1)N(Cc1ccc(F)cc1)Cc1cc2cccc(C)c2[nH]c1=O. The third kappa shape index (κ3) is 4.89. The number of nitrogens with one attached hydrogen (secondary N) is 1. The van der Waals surface area contributed by atoms with Gasteiger partial charge in [-0.05, 0) is 71.3 Å². The van der Waals surface area contributed by atoms with Crippen LogP contribution >= 0.6 is 0 Å². The lowest BCUT2D eigenvalue weighted by molar-refractivity contribution is 0.158. The van der Waals surface area contributed by atoms with Crippen molar-refractivity contribution in [2.75, 3.05) is 0 Å². The van der Waals surface area contributed by atoms with Gasteiger partial charge in [0.25, 0.3) is 5.56 Å². The van der Waals surface area contributed by atoms with Crippen LogP contribution < -0.4 is 5.56 Å². The third-order valence-corrected chi connectivity index (χ3v) is 7.15. The number of aromatic nitrogens is 5. The summed E-state index contributed by atoms with van der Waals surface area (Å²) in [5, 5.41) is 13.8. The number of tetrazole rings is 1. The minimum absolute atomic E-state index is 0.0942. The first-order chi connectivity index (χ1) is 17.0. The van der Waals surface area contributed by atoms with Crippen molar-refractivity contribution < 1.29 is 4.39 Å². The number of nitrogens with zero attached hydrogens (tertiary/aromatic N) is 5. The molecule has 8 heteroatoms. The fourth-order valence-corrected chi connectivity index (χ4v) is 5.30. The molecule has 1 unspecified atom stereocenters. The van der Waals surface area contributed by atoms with E-state index < -0.39 is 0 Å². The van der Waals surface area contributed by atoms with Crippen LogP contribution in [0, 0.1) is 12.7 Å². The van der Waals surface area contributed by atoms with Crippen molar-refractivity contribution >= 4 is 10.9 Å². The molecule has 2 aromatic heterocycles. The van der Waals surface area contributed by atoms with E-state index in [-0.39, 0.29) is 17.4 Å². The van der Waals surface area contributed by atoms with Gasteiger partial charge in [0.1, 0.15) is 5.82 Å². The van der Waals surface area contributed by atoms with E-state index in [0.29, 0.717) is 24.7 Å². The average molecular weight is 475 g/mol. The van der Waals surface area contributed by atoms with E-state index in [1.165, 1.54) is 25.0 Å². The van der Waals surface area contributed by atoms with Crippen LogP contribution in [0.25, 0.3) is 10.9 Å². The van der Waals surface area contributed by atoms with Crippen molar-refractivity contribution in [2.24, 2.45) is 0 Å². The molecule has 1 saturated carbocycles. The van der Waals surface area contributed by atoms with Crippen molar-refractivity contribution in [3.05, 3.63) is 87.2 Å². The van der Waals surface area contributed by atoms with Gasteiger partial charge in [0.05, 0.1) is 17.6 Å². The van der Waals surface area contributed by atoms with Crippen LogP contribution in [0.3, 0.4) is 0 Å². The van der Waals surface area contributed by atoms with Crippen LogP contribution in [-0.4, -0.2) is 30.1 Å². The summed E-state index contributed by atoms with van der Waals surface area (Å²) in [6.07, 6.45) is 5.31. The fraction of sp³-hybridized carbons (Fsp3) is 0.407. The molecule has 1 atom stereocenters. The summed E-state index contributed by atoms with van der Waals surface area (Å²) >= 11 is 0. The van der Waals surface area contributed by atoms with Gasteiger partial charge in [-0.1, -0.05) is 50.1 Å². The molecule has 0 aliphatic heterocycles. The molecular weight excluding hydrogens is 443 g/mol. The molecule has 1 fully saturated rings. The van der Waals surface area contributed by atoms with Crippen LogP contribution in [-0.2, 0) is 13.1 Å². The number of hydrogen-bond acceptors (Lipinski definition) is 5. The zero-order valence-electron chi connectivity index (χ0n) is 20.2. The van der Waals surface area contributed by atoms with Gasteiger partial charge in [0, 0.05) is 18.7 Å². The van der Waals surface area contributed by atoms with Crippen LogP contribution in [0.2, 0.25) is 0 Å². The summed E-state index contributed by atoms with van der Waals surface area (Å²) in [6.45, 7) is 5.08. The number of hydrogen-bond donors (Lipinski definition) is 1. The molecule has 5 rings (SSSR count). The van der Waals surface area contributed by atoms with Crippen LogP contribution in [0.15, 0.2) is 53.3 Å². The molecule has 7 nitrogen and oxygen atoms in total. The normalized spacial score (nSPS) is 15.3. The van der Waals surface area contributed by atoms with E-state index in [4.69, 9.17) is 0 Å². The summed E-state index contributed by atoms with van der Waals surface area (Å²) in [6, 6.07) is 14.7. The van der Waals surface area contributed by atoms with Gasteiger partial charge in [0.15, 0.2) is 5.82 Å². The summed E-state index contributed by atoms with van der Waals surface area (Å²) in [5.74, 6) is 0.563. The van der Waals surface area contributed by atoms with E-state index in [9.17, 15) is 9.18 Å². The Labute approximate surface area is 204 Å². The van der Waals surface area contributed by atoms with Gasteiger partial charge in [-0.2, -0.15) is 0 Å². The predicted octanol–water partition coefficient (Wildman–Crippen LogP) is 5.23. The van der Waals surface area contributed by atoms with Crippen molar-refractivity contribution in [3.63, 3.8) is 0 Å². The van der Waals surface area contributed by atoms with Crippen molar-refractivity contribution in [2.45, 2.75) is 71.1 Å². The van der Waals surface area contributed by atoms with E-state index in [1.54, 1.807) is 12.1 Å². The summed E-state index contributed by atoms with van der Waals surface area (Å²) in [7, 11) is 0. The van der Waals surface area contributed by atoms with Gasteiger partial charge in [-0.15, -0.1) is 5.10 Å². The Morgan fingerprint density at radius 2 is 1.91 bits per heavy atom. The zero-order chi connectivity index (χ0) is 24.4. The molecule has 0 saturated heterocycles. The average Bonchev–Trinajstić information content (AvgIpc) is 3.54. The van der Waals surface area contributed by atoms with Crippen molar-refractivity contribution in [1.29, 1.82) is 0 Å². The second-order valence-electron chi connectivity index (χ2n) is 9.54. The first-order valence-corrected chi connectivity index (χ1v) is 12.4. The Bertz CT molecular complexity index is 1360. The quantitative estimate of drug-likeness (QED) is 0.378. The maximum Gasteiger partial charge on any atom is 0.252 e. The van der Waals surface area contributed by atoms with E-state index in [2.05, 4.69) is 32.3 Å². The zero-order valence-corrected chi connectivity index (χ0v) is 20.2. The van der Waals surface area contributed by atoms with Crippen LogP contribution in [0.1, 0.15) is 73.6 Å². The number of aromatic amines is 1. The summed E-state index contributed by atoms with van der Waals surface area (Å²) in [5.41, 5.74) is 3.46. The van der Waals surface area contributed by atoms with Gasteiger partial charge >= 0.3 is 0 Å². The number of rotatable bonds is 8. The van der Waals surface area contributed by atoms with Crippen LogP contribution in [0.5, 0.6) is 0 Å². The molecule has 0 radical (unpaired) electrons. The fourth-order valence-electron chi connectivity index (χ4n) is 5.30. The van der Waals surface area contributed by atoms with E-state index >= 15 is 0 Å². The summed E-state index contributed by atoms with van der Waals surface area (Å²) in [4.78, 5) is 18.4. The Kier molecular flexibility index (Phi) is 6.72. The molecule has 2 aromatic carbocycles. The van der Waals surface area contributed by atoms with Crippen molar-refractivity contribution in [1.82, 2.24) is 30.1 Å². The van der Waals surface area contributed by atoms with E-state index in [1.807, 2.05) is 35.9 Å². The molecule has 35 heavy (non-hydrogen) atoms. The lowest BCUT2D eigenvalue weighted by Crippen LogP contribution is -2.32. The van der Waals surface area contributed by atoms with Gasteiger partial charge < -0.3 is 4.98 Å². The van der Waals surface area contributed by atoms with Crippen molar-refractivity contribution in [3.8, 4) is 0 Å². The Balaban J connectivity index is 1.53. The second-order valence-corrected chi connectivity index (χ2v) is 9.54. The van der Waals surface area contributed by atoms with Crippen LogP contribution in [0.4, 0.5) is 4.39 Å². The molecule has 4 aromatic rings. The van der Waals surface area contributed by atoms with E-state index in [0.717, 1.165) is 47.1 Å². The lowest BCUT2D eigenvalue weighted by atomic mass is 10.1. The maximum atomic E-state index is 13.6. The Hall–Kier alpha value is -3.39. The van der Waals surface area contributed by atoms with Gasteiger partial charge in [-0.3, -0.25) is 9.69 Å². The number of benzene rings is 2. The molecule has 1 aliphatic rings. The number of H-pyrrole nitrogens is 1. The standard InChI is InChI=1S/C27H31FN6O/c1-3-24(26-30-31-32-34(26)23-9-4-5-10-23)33(16-19-11-13-22(28)14-12-19)17-21-15-20-8-6-7-18(2)25(20)29-27(21)35/h6-8,11-15,23-24H,3-5,9-10,16-17H2,1-2H3,(H,29,35).